The van der Waals surface area contributed by atoms with Gasteiger partial charge in [-0.15, -0.1) is 0 Å². The Morgan fingerprint density at radius 2 is 1.71 bits per heavy atom. The third kappa shape index (κ3) is 5.41. The lowest BCUT2D eigenvalue weighted by Gasteiger charge is -2.20. The number of hydrogen-bond donors (Lipinski definition) is 2. The third-order valence-electron chi connectivity index (χ3n) is 4.66. The molecule has 2 N–H and O–H groups in total. The molecule has 2 aromatic rings. The van der Waals surface area contributed by atoms with Crippen molar-refractivity contribution in [2.45, 2.75) is 38.6 Å². The zero-order valence-corrected chi connectivity index (χ0v) is 17.7. The van der Waals surface area contributed by atoms with Crippen LogP contribution in [-0.4, -0.2) is 38.3 Å². The molecule has 6 nitrogen and oxygen atoms in total. The van der Waals surface area contributed by atoms with Gasteiger partial charge in [0.15, 0.2) is 0 Å². The Bertz CT molecular complexity index is 894. The highest BCUT2D eigenvalue weighted by atomic mass is 32.2. The summed E-state index contributed by atoms with van der Waals surface area (Å²) in [7, 11) is -3.59. The fraction of sp³-hybridized carbons (Fsp3) is 0.381. The van der Waals surface area contributed by atoms with E-state index in [9.17, 15) is 13.2 Å². The van der Waals surface area contributed by atoms with Crippen molar-refractivity contribution in [1.29, 1.82) is 0 Å². The van der Waals surface area contributed by atoms with Crippen LogP contribution in [0.2, 0.25) is 0 Å². The molecule has 7 heteroatoms. The van der Waals surface area contributed by atoms with Crippen molar-refractivity contribution < 1.29 is 13.2 Å². The summed E-state index contributed by atoms with van der Waals surface area (Å²) in [6.45, 7) is 8.28. The van der Waals surface area contributed by atoms with Crippen LogP contribution >= 0.6 is 0 Å². The van der Waals surface area contributed by atoms with E-state index in [1.54, 1.807) is 19.1 Å². The molecule has 0 aromatic heterocycles. The predicted octanol–water partition coefficient (Wildman–Crippen LogP) is 3.31. The standard InChI is InChI=1S/C21H29N3O3S/c1-5-24(6-2)28(26,27)20-14-19(13-12-16(20)3)23-21(25)15-22-17(4)18-10-8-7-9-11-18/h7-14,17,22H,5-6,15H2,1-4H3,(H,23,25)/t17-/m1/s1. The number of amides is 1. The van der Waals surface area contributed by atoms with E-state index in [1.165, 1.54) is 10.4 Å². The van der Waals surface area contributed by atoms with Crippen molar-refractivity contribution >= 4 is 21.6 Å². The maximum Gasteiger partial charge on any atom is 0.243 e. The molecule has 0 bridgehead atoms. The van der Waals surface area contributed by atoms with Gasteiger partial charge in [0, 0.05) is 24.8 Å². The van der Waals surface area contributed by atoms with E-state index in [0.29, 0.717) is 24.3 Å². The minimum atomic E-state index is -3.59. The fourth-order valence-electron chi connectivity index (χ4n) is 2.97. The molecule has 1 atom stereocenters. The Kier molecular flexibility index (Phi) is 7.74. The van der Waals surface area contributed by atoms with Gasteiger partial charge in [0.1, 0.15) is 0 Å². The number of nitrogens with zero attached hydrogens (tertiary/aromatic N) is 1. The van der Waals surface area contributed by atoms with Crippen LogP contribution in [0, 0.1) is 6.92 Å². The molecule has 1 amide bonds. The van der Waals surface area contributed by atoms with E-state index in [2.05, 4.69) is 10.6 Å². The van der Waals surface area contributed by atoms with Crippen LogP contribution in [0.4, 0.5) is 5.69 Å². The molecule has 0 saturated carbocycles. The Hall–Kier alpha value is -2.22. The number of carbonyl (C=O) groups excluding carboxylic acids is 1. The monoisotopic (exact) mass is 403 g/mol. The highest BCUT2D eigenvalue weighted by Crippen LogP contribution is 2.23. The summed E-state index contributed by atoms with van der Waals surface area (Å²) in [6, 6.07) is 14.9. The van der Waals surface area contributed by atoms with Crippen LogP contribution in [0.25, 0.3) is 0 Å². The van der Waals surface area contributed by atoms with E-state index in [0.717, 1.165) is 5.56 Å². The highest BCUT2D eigenvalue weighted by Gasteiger charge is 2.24. The summed E-state index contributed by atoms with van der Waals surface area (Å²) >= 11 is 0. The maximum absolute atomic E-state index is 12.8. The van der Waals surface area contributed by atoms with Crippen molar-refractivity contribution in [2.75, 3.05) is 25.0 Å². The second-order valence-corrected chi connectivity index (χ2v) is 8.54. The van der Waals surface area contributed by atoms with Crippen LogP contribution in [0.3, 0.4) is 0 Å². The first kappa shape index (κ1) is 22.1. The SMILES string of the molecule is CCN(CC)S(=O)(=O)c1cc(NC(=O)CN[C@H](C)c2ccccc2)ccc1C. The molecule has 0 aliphatic rings. The average molecular weight is 404 g/mol. The van der Waals surface area contributed by atoms with Crippen molar-refractivity contribution in [3.63, 3.8) is 0 Å². The Morgan fingerprint density at radius 1 is 1.07 bits per heavy atom. The average Bonchev–Trinajstić information content (AvgIpc) is 2.69. The van der Waals surface area contributed by atoms with Gasteiger partial charge in [0.25, 0.3) is 0 Å². The van der Waals surface area contributed by atoms with Crippen molar-refractivity contribution in [2.24, 2.45) is 0 Å². The second-order valence-electron chi connectivity index (χ2n) is 6.63. The van der Waals surface area contributed by atoms with Gasteiger partial charge >= 0.3 is 0 Å². The van der Waals surface area contributed by atoms with Gasteiger partial charge in [-0.2, -0.15) is 4.31 Å². The Morgan fingerprint density at radius 3 is 2.32 bits per heavy atom. The molecule has 0 saturated heterocycles. The number of anilines is 1. The highest BCUT2D eigenvalue weighted by molar-refractivity contribution is 7.89. The molecule has 0 fully saturated rings. The maximum atomic E-state index is 12.8. The van der Waals surface area contributed by atoms with E-state index in [4.69, 9.17) is 0 Å². The molecule has 0 radical (unpaired) electrons. The van der Waals surface area contributed by atoms with Crippen LogP contribution in [0.15, 0.2) is 53.4 Å². The van der Waals surface area contributed by atoms with Crippen molar-refractivity contribution in [1.82, 2.24) is 9.62 Å². The predicted molar refractivity (Wildman–Crippen MR) is 113 cm³/mol. The summed E-state index contributed by atoms with van der Waals surface area (Å²) in [5, 5.41) is 5.95. The normalized spacial score (nSPS) is 12.8. The Labute approximate surface area is 168 Å². The van der Waals surface area contributed by atoms with E-state index >= 15 is 0 Å². The molecule has 28 heavy (non-hydrogen) atoms. The van der Waals surface area contributed by atoms with Gasteiger partial charge in [-0.1, -0.05) is 50.2 Å². The molecule has 0 spiro atoms. The molecular weight excluding hydrogens is 374 g/mol. The Balaban J connectivity index is 2.07. The van der Waals surface area contributed by atoms with Crippen molar-refractivity contribution in [3.05, 3.63) is 59.7 Å². The van der Waals surface area contributed by atoms with Crippen LogP contribution in [0.5, 0.6) is 0 Å². The minimum absolute atomic E-state index is 0.0311. The number of nitrogens with one attached hydrogen (secondary N) is 2. The van der Waals surface area contributed by atoms with E-state index < -0.39 is 10.0 Å². The first-order valence-corrected chi connectivity index (χ1v) is 10.9. The quantitative estimate of drug-likeness (QED) is 0.673. The van der Waals surface area contributed by atoms with Gasteiger partial charge in [-0.25, -0.2) is 8.42 Å². The number of hydrogen-bond acceptors (Lipinski definition) is 4. The third-order valence-corrected chi connectivity index (χ3v) is 6.86. The lowest BCUT2D eigenvalue weighted by molar-refractivity contribution is -0.115. The van der Waals surface area contributed by atoms with Gasteiger partial charge in [0.2, 0.25) is 15.9 Å². The topological polar surface area (TPSA) is 78.5 Å². The minimum Gasteiger partial charge on any atom is -0.325 e. The smallest absolute Gasteiger partial charge is 0.243 e. The number of aryl methyl sites for hydroxylation is 1. The molecule has 0 aliphatic heterocycles. The molecule has 0 unspecified atom stereocenters. The summed E-state index contributed by atoms with van der Waals surface area (Å²) in [4.78, 5) is 12.5. The largest absolute Gasteiger partial charge is 0.325 e. The van der Waals surface area contributed by atoms with Crippen molar-refractivity contribution in [3.8, 4) is 0 Å². The second kappa shape index (κ2) is 9.82. The first-order chi connectivity index (χ1) is 13.3. The van der Waals surface area contributed by atoms with Gasteiger partial charge < -0.3 is 10.6 Å². The molecule has 152 valence electrons. The summed E-state index contributed by atoms with van der Waals surface area (Å²) < 4.78 is 27.1. The molecule has 2 rings (SSSR count). The number of benzene rings is 2. The van der Waals surface area contributed by atoms with Gasteiger partial charge in [-0.05, 0) is 37.1 Å². The lowest BCUT2D eigenvalue weighted by Crippen LogP contribution is -2.31. The zero-order valence-electron chi connectivity index (χ0n) is 16.9. The first-order valence-electron chi connectivity index (χ1n) is 9.48. The summed E-state index contributed by atoms with van der Waals surface area (Å²) in [5.74, 6) is -0.224. The summed E-state index contributed by atoms with van der Waals surface area (Å²) in [5.41, 5.74) is 2.22. The number of carbonyl (C=O) groups is 1. The molecule has 2 aromatic carbocycles. The van der Waals surface area contributed by atoms with E-state index in [-0.39, 0.29) is 23.4 Å². The molecule has 0 aliphatic carbocycles. The number of rotatable bonds is 9. The van der Waals surface area contributed by atoms with Gasteiger partial charge in [-0.3, -0.25) is 4.79 Å². The fourth-order valence-corrected chi connectivity index (χ4v) is 4.68. The summed E-state index contributed by atoms with van der Waals surface area (Å²) in [6.07, 6.45) is 0. The molecular formula is C21H29N3O3S. The lowest BCUT2D eigenvalue weighted by atomic mass is 10.1. The van der Waals surface area contributed by atoms with Gasteiger partial charge in [0.05, 0.1) is 11.4 Å². The van der Waals surface area contributed by atoms with Crippen LogP contribution in [-0.2, 0) is 14.8 Å². The van der Waals surface area contributed by atoms with Crippen LogP contribution < -0.4 is 10.6 Å². The van der Waals surface area contributed by atoms with Crippen LogP contribution in [0.1, 0.15) is 37.9 Å². The zero-order chi connectivity index (χ0) is 20.7. The number of sulfonamides is 1. The molecule has 0 heterocycles. The van der Waals surface area contributed by atoms with E-state index in [1.807, 2.05) is 51.1 Å².